The van der Waals surface area contributed by atoms with Gasteiger partial charge in [0.25, 0.3) is 0 Å². The summed E-state index contributed by atoms with van der Waals surface area (Å²) in [6.07, 6.45) is 1.81. The molecule has 0 fully saturated rings. The lowest BCUT2D eigenvalue weighted by Gasteiger charge is -2.09. The molecule has 0 aliphatic rings. The molecule has 0 amide bonds. The number of nitrogens with zero attached hydrogens (tertiary/aromatic N) is 1. The van der Waals surface area contributed by atoms with Crippen molar-refractivity contribution in [2.45, 2.75) is 20.0 Å². The molecule has 0 bridgehead atoms. The monoisotopic (exact) mass is 280 g/mol. The first kappa shape index (κ1) is 13.7. The van der Waals surface area contributed by atoms with Gasteiger partial charge in [0.15, 0.2) is 0 Å². The summed E-state index contributed by atoms with van der Waals surface area (Å²) in [6.45, 7) is 3.35. The molecular weight excluding hydrogens is 263 g/mol. The van der Waals surface area contributed by atoms with Gasteiger partial charge in [-0.3, -0.25) is 4.98 Å². The molecule has 0 aliphatic heterocycles. The fraction of sp³-hybridized carbons (Fsp3) is 0.167. The normalized spacial score (nSPS) is 11.0. The van der Waals surface area contributed by atoms with Crippen LogP contribution in [0.4, 0.5) is 4.39 Å². The van der Waals surface area contributed by atoms with Gasteiger partial charge in [-0.15, -0.1) is 0 Å². The number of halogens is 1. The number of hydrogen-bond acceptors (Lipinski definition) is 2. The molecule has 0 saturated carbocycles. The minimum absolute atomic E-state index is 0.191. The molecule has 3 rings (SSSR count). The average Bonchev–Trinajstić information content (AvgIpc) is 2.51. The summed E-state index contributed by atoms with van der Waals surface area (Å²) in [5.41, 5.74) is 4.26. The maximum Gasteiger partial charge on any atom is 0.123 e. The molecule has 21 heavy (non-hydrogen) atoms. The highest BCUT2D eigenvalue weighted by Crippen LogP contribution is 2.16. The molecule has 0 atom stereocenters. The molecule has 1 heterocycles. The fourth-order valence-electron chi connectivity index (χ4n) is 2.47. The first-order valence-electron chi connectivity index (χ1n) is 7.02. The number of fused-ring (bicyclic) bond motifs is 1. The molecule has 2 aromatic carbocycles. The van der Waals surface area contributed by atoms with Gasteiger partial charge in [-0.05, 0) is 41.8 Å². The van der Waals surface area contributed by atoms with Gasteiger partial charge >= 0.3 is 0 Å². The van der Waals surface area contributed by atoms with Crippen molar-refractivity contribution in [1.82, 2.24) is 10.3 Å². The Labute approximate surface area is 123 Å². The zero-order valence-corrected chi connectivity index (χ0v) is 11.9. The van der Waals surface area contributed by atoms with Gasteiger partial charge in [0.1, 0.15) is 5.82 Å². The predicted molar refractivity (Wildman–Crippen MR) is 83.4 cm³/mol. The summed E-state index contributed by atoms with van der Waals surface area (Å²) in [7, 11) is 0. The molecule has 0 radical (unpaired) electrons. The van der Waals surface area contributed by atoms with Gasteiger partial charge in [-0.1, -0.05) is 30.3 Å². The molecule has 2 nitrogen and oxygen atoms in total. The van der Waals surface area contributed by atoms with Crippen molar-refractivity contribution >= 4 is 10.9 Å². The van der Waals surface area contributed by atoms with E-state index in [1.807, 2.05) is 31.3 Å². The Bertz CT molecular complexity index is 763. The molecule has 3 heteroatoms. The van der Waals surface area contributed by atoms with E-state index in [1.165, 1.54) is 6.07 Å². The zero-order chi connectivity index (χ0) is 14.7. The average molecular weight is 280 g/mol. The molecule has 0 saturated heterocycles. The van der Waals surface area contributed by atoms with E-state index in [-0.39, 0.29) is 5.82 Å². The molecule has 1 aromatic heterocycles. The van der Waals surface area contributed by atoms with Crippen LogP contribution in [0.2, 0.25) is 0 Å². The summed E-state index contributed by atoms with van der Waals surface area (Å²) in [5.74, 6) is -0.191. The maximum absolute atomic E-state index is 13.3. The number of nitrogens with one attached hydrogen (secondary N) is 1. The molecule has 1 N–H and O–H groups in total. The van der Waals surface area contributed by atoms with Gasteiger partial charge in [-0.25, -0.2) is 4.39 Å². The van der Waals surface area contributed by atoms with Crippen molar-refractivity contribution in [2.75, 3.05) is 0 Å². The standard InChI is InChI=1S/C18H17FN2/c1-13-7-8-17(19)10-16(13)12-20-11-15-5-2-4-14-6-3-9-21-18(14)15/h2-10,20H,11-12H2,1H3. The van der Waals surface area contributed by atoms with Crippen molar-refractivity contribution in [2.24, 2.45) is 0 Å². The lowest BCUT2D eigenvalue weighted by molar-refractivity contribution is 0.619. The van der Waals surface area contributed by atoms with Crippen molar-refractivity contribution < 1.29 is 4.39 Å². The van der Waals surface area contributed by atoms with E-state index in [4.69, 9.17) is 0 Å². The molecular formula is C18H17FN2. The van der Waals surface area contributed by atoms with Crippen LogP contribution in [-0.4, -0.2) is 4.98 Å². The minimum atomic E-state index is -0.191. The van der Waals surface area contributed by atoms with E-state index in [0.717, 1.165) is 27.6 Å². The van der Waals surface area contributed by atoms with Crippen molar-refractivity contribution in [3.05, 3.63) is 77.2 Å². The SMILES string of the molecule is Cc1ccc(F)cc1CNCc1cccc2cccnc12. The second kappa shape index (κ2) is 6.02. The van der Waals surface area contributed by atoms with Crippen molar-refractivity contribution in [1.29, 1.82) is 0 Å². The summed E-state index contributed by atoms with van der Waals surface area (Å²) < 4.78 is 13.3. The van der Waals surface area contributed by atoms with E-state index in [1.54, 1.807) is 6.07 Å². The van der Waals surface area contributed by atoms with E-state index in [0.29, 0.717) is 13.1 Å². The van der Waals surface area contributed by atoms with E-state index in [2.05, 4.69) is 28.5 Å². The topological polar surface area (TPSA) is 24.9 Å². The highest BCUT2D eigenvalue weighted by atomic mass is 19.1. The van der Waals surface area contributed by atoms with Crippen LogP contribution in [0.5, 0.6) is 0 Å². The van der Waals surface area contributed by atoms with Crippen molar-refractivity contribution in [3.8, 4) is 0 Å². The summed E-state index contributed by atoms with van der Waals surface area (Å²) in [5, 5.41) is 4.51. The molecule has 106 valence electrons. The Morgan fingerprint density at radius 1 is 1.00 bits per heavy atom. The van der Waals surface area contributed by atoms with E-state index < -0.39 is 0 Å². The first-order chi connectivity index (χ1) is 10.2. The number of pyridine rings is 1. The Hall–Kier alpha value is -2.26. The summed E-state index contributed by atoms with van der Waals surface area (Å²) >= 11 is 0. The number of rotatable bonds is 4. The third-order valence-electron chi connectivity index (χ3n) is 3.66. The van der Waals surface area contributed by atoms with Crippen molar-refractivity contribution in [3.63, 3.8) is 0 Å². The highest BCUT2D eigenvalue weighted by molar-refractivity contribution is 5.81. The number of hydrogen-bond donors (Lipinski definition) is 1. The Morgan fingerprint density at radius 3 is 2.71 bits per heavy atom. The van der Waals surface area contributed by atoms with Gasteiger partial charge < -0.3 is 5.32 Å². The third kappa shape index (κ3) is 3.09. The fourth-order valence-corrected chi connectivity index (χ4v) is 2.47. The van der Waals surface area contributed by atoms with Gasteiger partial charge in [-0.2, -0.15) is 0 Å². The van der Waals surface area contributed by atoms with Crippen LogP contribution in [0.1, 0.15) is 16.7 Å². The van der Waals surface area contributed by atoms with Crippen LogP contribution >= 0.6 is 0 Å². The zero-order valence-electron chi connectivity index (χ0n) is 11.9. The minimum Gasteiger partial charge on any atom is -0.309 e. The van der Waals surface area contributed by atoms with E-state index >= 15 is 0 Å². The van der Waals surface area contributed by atoms with Crippen LogP contribution in [-0.2, 0) is 13.1 Å². The number of benzene rings is 2. The van der Waals surface area contributed by atoms with Crippen LogP contribution in [0.3, 0.4) is 0 Å². The number of aromatic nitrogens is 1. The van der Waals surface area contributed by atoms with Gasteiger partial charge in [0.2, 0.25) is 0 Å². The van der Waals surface area contributed by atoms with Crippen LogP contribution in [0, 0.1) is 12.7 Å². The Morgan fingerprint density at radius 2 is 1.81 bits per heavy atom. The Kier molecular flexibility index (Phi) is 3.93. The second-order valence-corrected chi connectivity index (χ2v) is 5.17. The van der Waals surface area contributed by atoms with E-state index in [9.17, 15) is 4.39 Å². The van der Waals surface area contributed by atoms with Crippen LogP contribution in [0.25, 0.3) is 10.9 Å². The molecule has 0 unspecified atom stereocenters. The first-order valence-corrected chi connectivity index (χ1v) is 7.02. The lowest BCUT2D eigenvalue weighted by atomic mass is 10.1. The van der Waals surface area contributed by atoms with Gasteiger partial charge in [0.05, 0.1) is 5.52 Å². The lowest BCUT2D eigenvalue weighted by Crippen LogP contribution is -2.14. The predicted octanol–water partition coefficient (Wildman–Crippen LogP) is 3.97. The second-order valence-electron chi connectivity index (χ2n) is 5.17. The largest absolute Gasteiger partial charge is 0.309 e. The third-order valence-corrected chi connectivity index (χ3v) is 3.66. The van der Waals surface area contributed by atoms with Crippen LogP contribution < -0.4 is 5.32 Å². The molecule has 0 aliphatic carbocycles. The Balaban J connectivity index is 1.74. The highest BCUT2D eigenvalue weighted by Gasteiger charge is 2.03. The quantitative estimate of drug-likeness (QED) is 0.782. The maximum atomic E-state index is 13.3. The molecule has 3 aromatic rings. The molecule has 0 spiro atoms. The van der Waals surface area contributed by atoms with Gasteiger partial charge in [0, 0.05) is 24.7 Å². The summed E-state index contributed by atoms with van der Waals surface area (Å²) in [4.78, 5) is 4.44. The number of para-hydroxylation sites is 1. The smallest absolute Gasteiger partial charge is 0.123 e. The van der Waals surface area contributed by atoms with Crippen LogP contribution in [0.15, 0.2) is 54.7 Å². The summed E-state index contributed by atoms with van der Waals surface area (Å²) in [6, 6.07) is 15.1. The number of aryl methyl sites for hydroxylation is 1.